The van der Waals surface area contributed by atoms with E-state index in [9.17, 15) is 0 Å². The molecule has 0 atom stereocenters. The largest absolute Gasteiger partial charge is 0.433 e. The molecule has 0 N–H and O–H groups in total. The summed E-state index contributed by atoms with van der Waals surface area (Å²) < 4.78 is 5.51. The molecule has 3 aromatic heterocycles. The van der Waals surface area contributed by atoms with Crippen LogP contribution in [-0.4, -0.2) is 21.2 Å². The van der Waals surface area contributed by atoms with Gasteiger partial charge in [-0.3, -0.25) is 0 Å². The van der Waals surface area contributed by atoms with Gasteiger partial charge in [-0.05, 0) is 18.4 Å². The number of thioether (sulfide) groups is 1. The van der Waals surface area contributed by atoms with Gasteiger partial charge < -0.3 is 4.42 Å². The van der Waals surface area contributed by atoms with Crippen LogP contribution in [0.1, 0.15) is 0 Å². The van der Waals surface area contributed by atoms with Gasteiger partial charge >= 0.3 is 0 Å². The van der Waals surface area contributed by atoms with Gasteiger partial charge in [-0.1, -0.05) is 23.4 Å². The molecule has 0 saturated heterocycles. The third kappa shape index (κ3) is 1.36. The Labute approximate surface area is 100 Å². The molecule has 0 aliphatic carbocycles. The lowest BCUT2D eigenvalue weighted by Crippen LogP contribution is -1.86. The number of hydrogen-bond acceptors (Lipinski definition) is 5. The van der Waals surface area contributed by atoms with Crippen LogP contribution < -0.4 is 0 Å². The highest BCUT2D eigenvalue weighted by molar-refractivity contribution is 7.98. The molecule has 0 unspecified atom stereocenters. The highest BCUT2D eigenvalue weighted by atomic mass is 35.5. The van der Waals surface area contributed by atoms with E-state index in [1.807, 2.05) is 18.4 Å². The topological polar surface area (TPSA) is 51.8 Å². The van der Waals surface area contributed by atoms with Gasteiger partial charge in [0.05, 0.1) is 5.39 Å². The summed E-state index contributed by atoms with van der Waals surface area (Å²) in [7, 11) is 0. The number of nitrogens with zero attached hydrogens (tertiary/aromatic N) is 3. The first-order valence-corrected chi connectivity index (χ1v) is 6.14. The van der Waals surface area contributed by atoms with Crippen LogP contribution in [0, 0.1) is 0 Å². The van der Waals surface area contributed by atoms with E-state index in [1.165, 1.54) is 11.8 Å². The monoisotopic (exact) mass is 251 g/mol. The van der Waals surface area contributed by atoms with Gasteiger partial charge in [0.25, 0.3) is 0 Å². The zero-order valence-corrected chi connectivity index (χ0v) is 9.84. The molecule has 0 amide bonds. The van der Waals surface area contributed by atoms with Crippen LogP contribution in [0.3, 0.4) is 0 Å². The number of hydrogen-bond donors (Lipinski definition) is 0. The Morgan fingerprint density at radius 2 is 2.25 bits per heavy atom. The summed E-state index contributed by atoms with van der Waals surface area (Å²) in [6, 6.07) is 3.74. The van der Waals surface area contributed by atoms with Crippen LogP contribution in [0.15, 0.2) is 27.9 Å². The van der Waals surface area contributed by atoms with Crippen molar-refractivity contribution in [3.05, 3.63) is 23.5 Å². The Hall–Kier alpha value is -1.33. The molecular formula is C10H6ClN3OS. The first-order chi connectivity index (χ1) is 7.79. The van der Waals surface area contributed by atoms with Gasteiger partial charge in [0, 0.05) is 6.20 Å². The fourth-order valence-corrected chi connectivity index (χ4v) is 2.14. The zero-order valence-electron chi connectivity index (χ0n) is 8.27. The number of rotatable bonds is 1. The van der Waals surface area contributed by atoms with Crippen LogP contribution in [0.25, 0.3) is 22.2 Å². The molecule has 0 aromatic carbocycles. The highest BCUT2D eigenvalue weighted by Gasteiger charge is 2.14. The number of fused-ring (bicyclic) bond motifs is 3. The fourth-order valence-electron chi connectivity index (χ4n) is 1.52. The molecule has 16 heavy (non-hydrogen) atoms. The molecule has 3 aromatic rings. The predicted octanol–water partition coefficient (Wildman–Crippen LogP) is 3.15. The molecule has 0 spiro atoms. The molecule has 4 nitrogen and oxygen atoms in total. The number of aromatic nitrogens is 3. The molecular weight excluding hydrogens is 246 g/mol. The standard InChI is InChI=1S/C10H6ClN3OS/c1-16-10-13-6-5-3-2-4-12-9(5)15-7(6)8(11)14-10/h2-4H,1H3. The van der Waals surface area contributed by atoms with E-state index in [0.717, 1.165) is 5.39 Å². The minimum absolute atomic E-state index is 0.326. The molecule has 0 saturated carbocycles. The van der Waals surface area contributed by atoms with Crippen molar-refractivity contribution in [2.75, 3.05) is 6.26 Å². The van der Waals surface area contributed by atoms with Crippen molar-refractivity contribution in [3.63, 3.8) is 0 Å². The maximum Gasteiger partial charge on any atom is 0.229 e. The molecule has 0 bridgehead atoms. The summed E-state index contributed by atoms with van der Waals surface area (Å²) in [6.07, 6.45) is 3.57. The van der Waals surface area contributed by atoms with E-state index in [2.05, 4.69) is 15.0 Å². The SMILES string of the molecule is CSc1nc(Cl)c2oc3ncccc3c2n1. The van der Waals surface area contributed by atoms with Crippen LogP contribution in [-0.2, 0) is 0 Å². The Morgan fingerprint density at radius 3 is 3.06 bits per heavy atom. The average Bonchev–Trinajstić information content (AvgIpc) is 2.68. The first-order valence-electron chi connectivity index (χ1n) is 4.54. The van der Waals surface area contributed by atoms with Crippen molar-refractivity contribution in [3.8, 4) is 0 Å². The van der Waals surface area contributed by atoms with Gasteiger partial charge in [-0.2, -0.15) is 0 Å². The third-order valence-corrected chi connectivity index (χ3v) is 3.02. The van der Waals surface area contributed by atoms with Crippen molar-refractivity contribution < 1.29 is 4.42 Å². The minimum atomic E-state index is 0.326. The normalized spacial score (nSPS) is 11.4. The van der Waals surface area contributed by atoms with Gasteiger partial charge in [0.1, 0.15) is 5.52 Å². The molecule has 6 heteroatoms. The molecule has 0 fully saturated rings. The van der Waals surface area contributed by atoms with Gasteiger partial charge in [0.2, 0.25) is 5.71 Å². The van der Waals surface area contributed by atoms with E-state index in [4.69, 9.17) is 16.0 Å². The van der Waals surface area contributed by atoms with Gasteiger partial charge in [0.15, 0.2) is 15.9 Å². The van der Waals surface area contributed by atoms with E-state index in [0.29, 0.717) is 27.1 Å². The summed E-state index contributed by atoms with van der Waals surface area (Å²) in [5, 5.41) is 1.81. The molecule has 3 heterocycles. The third-order valence-electron chi connectivity index (χ3n) is 2.21. The molecule has 80 valence electrons. The van der Waals surface area contributed by atoms with E-state index < -0.39 is 0 Å². The maximum absolute atomic E-state index is 6.03. The Kier molecular flexibility index (Phi) is 2.22. The summed E-state index contributed by atoms with van der Waals surface area (Å²) in [5.74, 6) is 0. The summed E-state index contributed by atoms with van der Waals surface area (Å²) in [6.45, 7) is 0. The van der Waals surface area contributed by atoms with Crippen molar-refractivity contribution in [1.29, 1.82) is 0 Å². The van der Waals surface area contributed by atoms with E-state index in [1.54, 1.807) is 6.20 Å². The lowest BCUT2D eigenvalue weighted by molar-refractivity contribution is 0.649. The summed E-state index contributed by atoms with van der Waals surface area (Å²) in [4.78, 5) is 12.6. The second-order valence-electron chi connectivity index (χ2n) is 3.14. The maximum atomic E-state index is 6.03. The van der Waals surface area contributed by atoms with E-state index in [-0.39, 0.29) is 0 Å². The quantitative estimate of drug-likeness (QED) is 0.378. The minimum Gasteiger partial charge on any atom is -0.433 e. The lowest BCUT2D eigenvalue weighted by Gasteiger charge is -1.95. The second-order valence-corrected chi connectivity index (χ2v) is 4.27. The number of furan rings is 1. The smallest absolute Gasteiger partial charge is 0.229 e. The van der Waals surface area contributed by atoms with Gasteiger partial charge in [-0.25, -0.2) is 15.0 Å². The van der Waals surface area contributed by atoms with Crippen LogP contribution in [0.2, 0.25) is 5.15 Å². The van der Waals surface area contributed by atoms with Crippen molar-refractivity contribution >= 4 is 45.6 Å². The Balaban J connectivity index is 2.51. The second kappa shape index (κ2) is 3.61. The van der Waals surface area contributed by atoms with Crippen molar-refractivity contribution in [1.82, 2.24) is 15.0 Å². The van der Waals surface area contributed by atoms with E-state index >= 15 is 0 Å². The molecule has 0 aliphatic rings. The molecule has 3 rings (SSSR count). The molecule has 0 radical (unpaired) electrons. The average molecular weight is 252 g/mol. The highest BCUT2D eigenvalue weighted by Crippen LogP contribution is 2.30. The van der Waals surface area contributed by atoms with Crippen molar-refractivity contribution in [2.45, 2.75) is 5.16 Å². The van der Waals surface area contributed by atoms with Crippen molar-refractivity contribution in [2.24, 2.45) is 0 Å². The summed E-state index contributed by atoms with van der Waals surface area (Å²) >= 11 is 7.47. The summed E-state index contributed by atoms with van der Waals surface area (Å²) in [5.41, 5.74) is 1.74. The first kappa shape index (κ1) is 9.86. The lowest BCUT2D eigenvalue weighted by atomic mass is 10.3. The number of halogens is 1. The van der Waals surface area contributed by atoms with Crippen LogP contribution in [0.4, 0.5) is 0 Å². The Morgan fingerprint density at radius 1 is 1.38 bits per heavy atom. The van der Waals surface area contributed by atoms with Gasteiger partial charge in [-0.15, -0.1) is 0 Å². The number of pyridine rings is 1. The zero-order chi connectivity index (χ0) is 11.1. The van der Waals surface area contributed by atoms with Crippen LogP contribution in [0.5, 0.6) is 0 Å². The van der Waals surface area contributed by atoms with Crippen LogP contribution >= 0.6 is 23.4 Å². The predicted molar refractivity (Wildman–Crippen MR) is 63.9 cm³/mol. The Bertz CT molecular complexity index is 682. The molecule has 0 aliphatic heterocycles. The fraction of sp³-hybridized carbons (Fsp3) is 0.100.